The Morgan fingerprint density at radius 1 is 0.905 bits per heavy atom. The third-order valence-corrected chi connectivity index (χ3v) is 8.04. The number of aliphatic carboxylic acids is 1. The highest BCUT2D eigenvalue weighted by Gasteiger charge is 2.32. The van der Waals surface area contributed by atoms with Gasteiger partial charge in [0.1, 0.15) is 18.1 Å². The molecular weight excluding hydrogens is 554 g/mol. The summed E-state index contributed by atoms with van der Waals surface area (Å²) in [6, 6.07) is 12.7. The molecule has 10 nitrogen and oxygen atoms in total. The monoisotopic (exact) mass is 595 g/mol. The quantitative estimate of drug-likeness (QED) is 0.148. The molecule has 3 amide bonds. The molecule has 0 aliphatic rings. The highest BCUT2D eigenvalue weighted by molar-refractivity contribution is 7.98. The number of aromatic amines is 1. The van der Waals surface area contributed by atoms with Crippen molar-refractivity contribution < 1.29 is 24.3 Å². The number of thioether (sulfide) groups is 1. The Balaban J connectivity index is 1.89. The highest BCUT2D eigenvalue weighted by atomic mass is 32.2. The number of fused-ring (bicyclic) bond motifs is 1. The summed E-state index contributed by atoms with van der Waals surface area (Å²) in [5.74, 6) is -2.43. The standard InChI is InChI=1S/C31H41N5O5S/c1-4-19(2)27(31(40)41)36-30(39)25(16-20-10-6-5-7-11-20)35-29(38)26(34-28(37)23(32)14-15-42-3)17-21-18-33-24-13-9-8-12-22(21)24/h5-13,18-19,23,25-27,33H,4,14-17,32H2,1-3H3,(H,34,37)(H,35,38)(H,36,39)(H,40,41). The molecule has 0 saturated heterocycles. The molecule has 0 radical (unpaired) electrons. The number of benzene rings is 2. The summed E-state index contributed by atoms with van der Waals surface area (Å²) < 4.78 is 0. The number of carbonyl (C=O) groups excluding carboxylic acids is 3. The largest absolute Gasteiger partial charge is 0.480 e. The van der Waals surface area contributed by atoms with E-state index < -0.39 is 47.9 Å². The van der Waals surface area contributed by atoms with E-state index in [1.54, 1.807) is 24.9 Å². The molecule has 3 rings (SSSR count). The van der Waals surface area contributed by atoms with Gasteiger partial charge in [-0.25, -0.2) is 4.79 Å². The lowest BCUT2D eigenvalue weighted by molar-refractivity contribution is -0.143. The van der Waals surface area contributed by atoms with E-state index in [2.05, 4.69) is 20.9 Å². The summed E-state index contributed by atoms with van der Waals surface area (Å²) in [6.45, 7) is 3.59. The normalized spacial score (nSPS) is 14.8. The predicted molar refractivity (Wildman–Crippen MR) is 166 cm³/mol. The predicted octanol–water partition coefficient (Wildman–Crippen LogP) is 2.62. The van der Waals surface area contributed by atoms with Gasteiger partial charge in [0.05, 0.1) is 6.04 Å². The van der Waals surface area contributed by atoms with E-state index in [1.165, 1.54) is 0 Å². The fourth-order valence-electron chi connectivity index (χ4n) is 4.65. The molecule has 1 aromatic heterocycles. The summed E-state index contributed by atoms with van der Waals surface area (Å²) >= 11 is 1.57. The Morgan fingerprint density at radius 2 is 1.52 bits per heavy atom. The number of hydrogen-bond donors (Lipinski definition) is 6. The number of H-pyrrole nitrogens is 1. The van der Waals surface area contributed by atoms with Gasteiger partial charge in [-0.15, -0.1) is 0 Å². The summed E-state index contributed by atoms with van der Waals surface area (Å²) in [4.78, 5) is 55.4. The van der Waals surface area contributed by atoms with E-state index in [0.29, 0.717) is 18.6 Å². The molecule has 42 heavy (non-hydrogen) atoms. The van der Waals surface area contributed by atoms with Crippen LogP contribution in [0.5, 0.6) is 0 Å². The van der Waals surface area contributed by atoms with Gasteiger partial charge in [0.15, 0.2) is 0 Å². The maximum Gasteiger partial charge on any atom is 0.326 e. The number of nitrogens with one attached hydrogen (secondary N) is 4. The van der Waals surface area contributed by atoms with Crippen molar-refractivity contribution in [1.29, 1.82) is 0 Å². The van der Waals surface area contributed by atoms with Crippen LogP contribution < -0.4 is 21.7 Å². The van der Waals surface area contributed by atoms with Crippen LogP contribution in [0.4, 0.5) is 0 Å². The number of para-hydroxylation sites is 1. The number of carboxylic acids is 1. The van der Waals surface area contributed by atoms with Crippen LogP contribution in [0.3, 0.4) is 0 Å². The summed E-state index contributed by atoms with van der Waals surface area (Å²) in [5.41, 5.74) is 8.60. The van der Waals surface area contributed by atoms with Crippen LogP contribution in [0.15, 0.2) is 60.8 Å². The molecule has 3 aromatic rings. The van der Waals surface area contributed by atoms with Gasteiger partial charge in [0.2, 0.25) is 17.7 Å². The van der Waals surface area contributed by atoms with Gasteiger partial charge in [-0.1, -0.05) is 68.8 Å². The minimum Gasteiger partial charge on any atom is -0.480 e. The number of nitrogens with two attached hydrogens (primary N) is 1. The molecule has 7 N–H and O–H groups in total. The van der Waals surface area contributed by atoms with Gasteiger partial charge < -0.3 is 31.8 Å². The molecule has 5 atom stereocenters. The van der Waals surface area contributed by atoms with Crippen LogP contribution in [0, 0.1) is 5.92 Å². The lowest BCUT2D eigenvalue weighted by atomic mass is 9.97. The van der Waals surface area contributed by atoms with Crippen molar-refractivity contribution in [2.24, 2.45) is 11.7 Å². The molecule has 0 aliphatic heterocycles. The molecule has 1 heterocycles. The van der Waals surface area contributed by atoms with Crippen molar-refractivity contribution in [3.63, 3.8) is 0 Å². The van der Waals surface area contributed by atoms with Crippen LogP contribution in [-0.4, -0.2) is 70.0 Å². The minimum atomic E-state index is -1.15. The Kier molecular flexibility index (Phi) is 12.4. The molecule has 0 spiro atoms. The topological polar surface area (TPSA) is 166 Å². The Bertz CT molecular complexity index is 1350. The van der Waals surface area contributed by atoms with E-state index in [-0.39, 0.29) is 18.8 Å². The first-order valence-electron chi connectivity index (χ1n) is 14.1. The lowest BCUT2D eigenvalue weighted by Crippen LogP contribution is -2.58. The van der Waals surface area contributed by atoms with E-state index in [1.807, 2.05) is 67.8 Å². The van der Waals surface area contributed by atoms with Gasteiger partial charge in [0.25, 0.3) is 0 Å². The van der Waals surface area contributed by atoms with Gasteiger partial charge in [-0.2, -0.15) is 11.8 Å². The summed E-state index contributed by atoms with van der Waals surface area (Å²) in [7, 11) is 0. The van der Waals surface area contributed by atoms with Gasteiger partial charge in [0, 0.05) is 29.9 Å². The fourth-order valence-corrected chi connectivity index (χ4v) is 5.14. The second-order valence-electron chi connectivity index (χ2n) is 10.5. The first-order chi connectivity index (χ1) is 20.1. The maximum atomic E-state index is 13.8. The van der Waals surface area contributed by atoms with Crippen LogP contribution >= 0.6 is 11.8 Å². The molecule has 0 bridgehead atoms. The van der Waals surface area contributed by atoms with E-state index in [9.17, 15) is 24.3 Å². The zero-order chi connectivity index (χ0) is 30.6. The van der Waals surface area contributed by atoms with Crippen molar-refractivity contribution in [2.75, 3.05) is 12.0 Å². The zero-order valence-electron chi connectivity index (χ0n) is 24.3. The SMILES string of the molecule is CCC(C)C(NC(=O)C(Cc1ccccc1)NC(=O)C(Cc1c[nH]c2ccccc12)NC(=O)C(N)CCSC)C(=O)O. The molecule has 226 valence electrons. The van der Waals surface area contributed by atoms with Crippen molar-refractivity contribution in [3.8, 4) is 0 Å². The van der Waals surface area contributed by atoms with Crippen molar-refractivity contribution >= 4 is 46.4 Å². The van der Waals surface area contributed by atoms with Crippen LogP contribution in [0.25, 0.3) is 10.9 Å². The molecule has 5 unspecified atom stereocenters. The maximum absolute atomic E-state index is 13.8. The third-order valence-electron chi connectivity index (χ3n) is 7.39. The van der Waals surface area contributed by atoms with Crippen molar-refractivity contribution in [3.05, 3.63) is 71.9 Å². The zero-order valence-corrected chi connectivity index (χ0v) is 25.1. The lowest BCUT2D eigenvalue weighted by Gasteiger charge is -2.26. The van der Waals surface area contributed by atoms with Crippen LogP contribution in [0.2, 0.25) is 0 Å². The molecular formula is C31H41N5O5S. The number of carbonyl (C=O) groups is 4. The number of amides is 3. The van der Waals surface area contributed by atoms with E-state index in [4.69, 9.17) is 5.73 Å². The second-order valence-corrected chi connectivity index (χ2v) is 11.5. The van der Waals surface area contributed by atoms with Crippen molar-refractivity contribution in [1.82, 2.24) is 20.9 Å². The number of aromatic nitrogens is 1. The average molecular weight is 596 g/mol. The second kappa shape index (κ2) is 16.0. The Hall–Kier alpha value is -3.83. The Morgan fingerprint density at radius 3 is 2.19 bits per heavy atom. The molecule has 0 saturated carbocycles. The number of hydrogen-bond acceptors (Lipinski definition) is 6. The molecule has 2 aromatic carbocycles. The first-order valence-corrected chi connectivity index (χ1v) is 15.5. The number of rotatable bonds is 16. The summed E-state index contributed by atoms with van der Waals surface area (Å²) in [6.07, 6.45) is 4.99. The third kappa shape index (κ3) is 9.09. The first kappa shape index (κ1) is 32.7. The van der Waals surface area contributed by atoms with Gasteiger partial charge in [-0.3, -0.25) is 14.4 Å². The Labute approximate surface area is 250 Å². The summed E-state index contributed by atoms with van der Waals surface area (Å²) in [5, 5.41) is 18.9. The average Bonchev–Trinajstić information content (AvgIpc) is 3.40. The van der Waals surface area contributed by atoms with E-state index >= 15 is 0 Å². The van der Waals surface area contributed by atoms with E-state index in [0.717, 1.165) is 22.0 Å². The van der Waals surface area contributed by atoms with Gasteiger partial charge in [-0.05, 0) is 41.5 Å². The van der Waals surface area contributed by atoms with Crippen molar-refractivity contribution in [2.45, 2.75) is 63.7 Å². The smallest absolute Gasteiger partial charge is 0.326 e. The van der Waals surface area contributed by atoms with Crippen LogP contribution in [-0.2, 0) is 32.0 Å². The molecule has 0 fully saturated rings. The van der Waals surface area contributed by atoms with Crippen LogP contribution in [0.1, 0.15) is 37.8 Å². The van der Waals surface area contributed by atoms with Gasteiger partial charge >= 0.3 is 5.97 Å². The fraction of sp³-hybridized carbons (Fsp3) is 0.419. The molecule has 11 heteroatoms. The highest BCUT2D eigenvalue weighted by Crippen LogP contribution is 2.19. The number of carboxylic acid groups (broad SMARTS) is 1. The molecule has 0 aliphatic carbocycles. The minimum absolute atomic E-state index is 0.131.